The third-order valence-corrected chi connectivity index (χ3v) is 7.89. The molecule has 3 fully saturated rings. The van der Waals surface area contributed by atoms with Crippen LogP contribution in [0.2, 0.25) is 0 Å². The molecule has 1 aromatic heterocycles. The smallest absolute Gasteiger partial charge is 0.256 e. The molecule has 1 unspecified atom stereocenters. The highest BCUT2D eigenvalue weighted by Crippen LogP contribution is 2.46. The molecule has 0 radical (unpaired) electrons. The van der Waals surface area contributed by atoms with Gasteiger partial charge in [0.1, 0.15) is 17.2 Å². The van der Waals surface area contributed by atoms with Crippen LogP contribution in [0.25, 0.3) is 22.0 Å². The van der Waals surface area contributed by atoms with Gasteiger partial charge in [-0.15, -0.1) is 0 Å². The minimum absolute atomic E-state index is 0.0200. The van der Waals surface area contributed by atoms with Crippen LogP contribution in [-0.4, -0.2) is 62.8 Å². The first kappa shape index (κ1) is 20.8. The highest BCUT2D eigenvalue weighted by molar-refractivity contribution is 6.16. The Labute approximate surface area is 202 Å². The molecule has 1 N–H and O–H groups in total. The highest BCUT2D eigenvalue weighted by atomic mass is 19.1. The maximum absolute atomic E-state index is 15.5. The Hall–Kier alpha value is -3.55. The molecule has 1 spiro atoms. The van der Waals surface area contributed by atoms with Crippen molar-refractivity contribution in [3.05, 3.63) is 54.0 Å². The van der Waals surface area contributed by atoms with Gasteiger partial charge in [0.2, 0.25) is 5.91 Å². The molecule has 2 aliphatic heterocycles. The number of aliphatic imine (C=N–C) groups is 1. The van der Waals surface area contributed by atoms with E-state index in [9.17, 15) is 9.59 Å². The molecule has 178 valence electrons. The number of benzene rings is 2. The Balaban J connectivity index is 1.15. The predicted molar refractivity (Wildman–Crippen MR) is 129 cm³/mol. The summed E-state index contributed by atoms with van der Waals surface area (Å²) < 4.78 is 15.5. The lowest BCUT2D eigenvalue weighted by Gasteiger charge is -2.24. The van der Waals surface area contributed by atoms with Crippen LogP contribution in [0, 0.1) is 17.7 Å². The van der Waals surface area contributed by atoms with E-state index in [1.54, 1.807) is 17.2 Å². The van der Waals surface area contributed by atoms with Crippen molar-refractivity contribution in [3.8, 4) is 11.1 Å². The monoisotopic (exact) mass is 471 g/mol. The number of fused-ring (bicyclic) bond motifs is 1. The second-order valence-electron chi connectivity index (χ2n) is 10.5. The van der Waals surface area contributed by atoms with Crippen LogP contribution in [0.4, 0.5) is 4.39 Å². The summed E-state index contributed by atoms with van der Waals surface area (Å²) in [6.45, 7) is 1.88. The molecular formula is C27H26FN5O2. The average molecular weight is 472 g/mol. The standard InChI is InChI=1S/C27H26FN5O2/c28-22-12-19(18-4-6-23-20(11-18)13-29-31-23)3-5-21(22)24-30-27(8-9-27)26(35)33(24)15-16-7-10-32(14-16)25(34)17-1-2-17/h3-6,11-13,16-17H,1-2,7-10,14-15H2,(H,29,31). The van der Waals surface area contributed by atoms with Crippen LogP contribution in [0.3, 0.4) is 0 Å². The van der Waals surface area contributed by atoms with Crippen molar-refractivity contribution in [2.75, 3.05) is 19.6 Å². The van der Waals surface area contributed by atoms with E-state index in [2.05, 4.69) is 10.2 Å². The van der Waals surface area contributed by atoms with E-state index >= 15 is 4.39 Å². The van der Waals surface area contributed by atoms with Gasteiger partial charge >= 0.3 is 0 Å². The van der Waals surface area contributed by atoms with E-state index in [1.165, 1.54) is 6.07 Å². The summed E-state index contributed by atoms with van der Waals surface area (Å²) >= 11 is 0. The number of rotatable bonds is 5. The molecule has 2 aromatic carbocycles. The number of H-pyrrole nitrogens is 1. The van der Waals surface area contributed by atoms with Gasteiger partial charge in [0.25, 0.3) is 5.91 Å². The molecule has 3 heterocycles. The molecule has 2 amide bonds. The summed E-state index contributed by atoms with van der Waals surface area (Å²) in [7, 11) is 0. The Morgan fingerprint density at radius 2 is 1.91 bits per heavy atom. The van der Waals surface area contributed by atoms with Gasteiger partial charge in [-0.2, -0.15) is 5.10 Å². The molecule has 1 atom stereocenters. The average Bonchev–Trinajstić information content (AvgIpc) is 3.74. The van der Waals surface area contributed by atoms with Crippen LogP contribution < -0.4 is 0 Å². The Morgan fingerprint density at radius 1 is 1.11 bits per heavy atom. The number of aromatic nitrogens is 2. The van der Waals surface area contributed by atoms with Gasteiger partial charge in [-0.3, -0.25) is 24.6 Å². The van der Waals surface area contributed by atoms with Crippen molar-refractivity contribution in [2.24, 2.45) is 16.8 Å². The number of nitrogens with one attached hydrogen (secondary N) is 1. The van der Waals surface area contributed by atoms with E-state index < -0.39 is 5.54 Å². The minimum Gasteiger partial charge on any atom is -0.342 e. The van der Waals surface area contributed by atoms with Crippen LogP contribution in [-0.2, 0) is 9.59 Å². The largest absolute Gasteiger partial charge is 0.342 e. The fourth-order valence-corrected chi connectivity index (χ4v) is 5.50. The Kier molecular flexibility index (Phi) is 4.44. The van der Waals surface area contributed by atoms with Crippen molar-refractivity contribution in [3.63, 3.8) is 0 Å². The third-order valence-electron chi connectivity index (χ3n) is 7.89. The van der Waals surface area contributed by atoms with Gasteiger partial charge in [0.15, 0.2) is 0 Å². The quantitative estimate of drug-likeness (QED) is 0.615. The SMILES string of the molecule is O=C(C1CC1)N1CCC(CN2C(=O)C3(CC3)N=C2c2ccc(-c3ccc4[nH]ncc4c3)cc2F)C1. The number of carbonyl (C=O) groups excluding carboxylic acids is 2. The van der Waals surface area contributed by atoms with E-state index in [0.29, 0.717) is 37.3 Å². The topological polar surface area (TPSA) is 81.7 Å². The summed E-state index contributed by atoms with van der Waals surface area (Å²) in [5.74, 6) is 0.673. The van der Waals surface area contributed by atoms with Gasteiger partial charge in [0, 0.05) is 30.9 Å². The van der Waals surface area contributed by atoms with Crippen LogP contribution in [0.5, 0.6) is 0 Å². The molecular weight excluding hydrogens is 445 g/mol. The van der Waals surface area contributed by atoms with Crippen molar-refractivity contribution in [1.82, 2.24) is 20.0 Å². The van der Waals surface area contributed by atoms with Crippen molar-refractivity contribution < 1.29 is 14.0 Å². The Bertz CT molecular complexity index is 1400. The van der Waals surface area contributed by atoms with Crippen LogP contribution in [0.15, 0.2) is 47.6 Å². The van der Waals surface area contributed by atoms with Gasteiger partial charge < -0.3 is 4.90 Å². The van der Waals surface area contributed by atoms with E-state index in [4.69, 9.17) is 4.99 Å². The first-order chi connectivity index (χ1) is 17.0. The zero-order chi connectivity index (χ0) is 23.7. The number of likely N-dealkylation sites (tertiary alicyclic amines) is 1. The lowest BCUT2D eigenvalue weighted by atomic mass is 10.0. The lowest BCUT2D eigenvalue weighted by molar-refractivity contribution is -0.131. The maximum Gasteiger partial charge on any atom is 0.256 e. The van der Waals surface area contributed by atoms with Gasteiger partial charge in [-0.25, -0.2) is 4.39 Å². The number of amidine groups is 1. The number of amides is 2. The first-order valence-corrected chi connectivity index (χ1v) is 12.4. The molecule has 2 aliphatic carbocycles. The number of nitrogens with zero attached hydrogens (tertiary/aromatic N) is 4. The summed E-state index contributed by atoms with van der Waals surface area (Å²) in [6, 6.07) is 11.0. The molecule has 8 heteroatoms. The maximum atomic E-state index is 15.5. The fourth-order valence-electron chi connectivity index (χ4n) is 5.50. The summed E-state index contributed by atoms with van der Waals surface area (Å²) in [6.07, 6.45) is 6.03. The summed E-state index contributed by atoms with van der Waals surface area (Å²) in [4.78, 5) is 34.2. The van der Waals surface area contributed by atoms with Crippen LogP contribution >= 0.6 is 0 Å². The predicted octanol–water partition coefficient (Wildman–Crippen LogP) is 3.75. The molecule has 1 saturated heterocycles. The molecule has 4 aliphatic rings. The molecule has 0 bridgehead atoms. The van der Waals surface area contributed by atoms with E-state index in [-0.39, 0.29) is 29.5 Å². The zero-order valence-electron chi connectivity index (χ0n) is 19.3. The lowest BCUT2D eigenvalue weighted by Crippen LogP contribution is -2.41. The van der Waals surface area contributed by atoms with Crippen molar-refractivity contribution in [1.29, 1.82) is 0 Å². The molecule has 7 rings (SSSR count). The van der Waals surface area contributed by atoms with E-state index in [1.807, 2.05) is 29.2 Å². The second kappa shape index (κ2) is 7.47. The summed E-state index contributed by atoms with van der Waals surface area (Å²) in [5, 5.41) is 7.94. The highest BCUT2D eigenvalue weighted by Gasteiger charge is 2.58. The van der Waals surface area contributed by atoms with Crippen LogP contribution in [0.1, 0.15) is 37.7 Å². The molecule has 35 heavy (non-hydrogen) atoms. The molecule has 3 aromatic rings. The number of halogens is 1. The third kappa shape index (κ3) is 3.46. The van der Waals surface area contributed by atoms with Gasteiger partial charge in [0.05, 0.1) is 17.3 Å². The van der Waals surface area contributed by atoms with Crippen molar-refractivity contribution >= 4 is 28.6 Å². The van der Waals surface area contributed by atoms with Crippen molar-refractivity contribution in [2.45, 2.75) is 37.6 Å². The van der Waals surface area contributed by atoms with E-state index in [0.717, 1.165) is 47.8 Å². The number of hydrogen-bond acceptors (Lipinski definition) is 4. The molecule has 2 saturated carbocycles. The molecule has 7 nitrogen and oxygen atoms in total. The second-order valence-corrected chi connectivity index (χ2v) is 10.5. The fraction of sp³-hybridized carbons (Fsp3) is 0.407. The normalized spacial score (nSPS) is 22.9. The minimum atomic E-state index is -0.700. The number of aromatic amines is 1. The Morgan fingerprint density at radius 3 is 2.69 bits per heavy atom. The number of carbonyl (C=O) groups is 2. The van der Waals surface area contributed by atoms with Gasteiger partial charge in [-0.05, 0) is 73.4 Å². The van der Waals surface area contributed by atoms with Gasteiger partial charge in [-0.1, -0.05) is 12.1 Å². The summed E-state index contributed by atoms with van der Waals surface area (Å²) in [5.41, 5.74) is 2.25. The zero-order valence-corrected chi connectivity index (χ0v) is 19.3. The number of hydrogen-bond donors (Lipinski definition) is 1. The first-order valence-electron chi connectivity index (χ1n) is 12.4.